The van der Waals surface area contributed by atoms with Crippen molar-refractivity contribution in [1.29, 1.82) is 5.26 Å². The molecule has 1 atom stereocenters. The number of nitrogens with zero attached hydrogens (tertiary/aromatic N) is 1. The summed E-state index contributed by atoms with van der Waals surface area (Å²) >= 11 is 1.67. The molecule has 18 heavy (non-hydrogen) atoms. The van der Waals surface area contributed by atoms with E-state index in [1.165, 1.54) is 7.11 Å². The standard InChI is InChI=1S/C12H13N3O2S/c1-17-10-4-2-3-8(5-13)11(10)15-12(16)9-6-18-7-14-9/h2-4,9,14H,6-7H2,1H3,(H,15,16). The summed E-state index contributed by atoms with van der Waals surface area (Å²) in [6, 6.07) is 6.91. The monoisotopic (exact) mass is 263 g/mol. The maximum Gasteiger partial charge on any atom is 0.242 e. The highest BCUT2D eigenvalue weighted by atomic mass is 32.2. The number of hydrogen-bond donors (Lipinski definition) is 2. The van der Waals surface area contributed by atoms with Gasteiger partial charge in [0.25, 0.3) is 0 Å². The Morgan fingerprint density at radius 3 is 3.11 bits per heavy atom. The fourth-order valence-electron chi connectivity index (χ4n) is 1.70. The largest absolute Gasteiger partial charge is 0.495 e. The van der Waals surface area contributed by atoms with Gasteiger partial charge in [0.1, 0.15) is 17.5 Å². The number of methoxy groups -OCH3 is 1. The van der Waals surface area contributed by atoms with Crippen molar-refractivity contribution < 1.29 is 9.53 Å². The SMILES string of the molecule is COc1cccc(C#N)c1NC(=O)C1CSCN1. The number of anilines is 1. The molecule has 1 amide bonds. The molecule has 1 fully saturated rings. The second-order valence-corrected chi connectivity index (χ2v) is 4.79. The lowest BCUT2D eigenvalue weighted by Crippen LogP contribution is -2.37. The zero-order valence-corrected chi connectivity index (χ0v) is 10.7. The second-order valence-electron chi connectivity index (χ2n) is 3.76. The molecular weight excluding hydrogens is 250 g/mol. The molecule has 0 aliphatic carbocycles. The van der Waals surface area contributed by atoms with Crippen LogP contribution >= 0.6 is 11.8 Å². The molecule has 1 saturated heterocycles. The van der Waals surface area contributed by atoms with Crippen LogP contribution in [0.5, 0.6) is 5.75 Å². The Balaban J connectivity index is 2.22. The number of carbonyl (C=O) groups excluding carboxylic acids is 1. The minimum absolute atomic E-state index is 0.138. The fraction of sp³-hybridized carbons (Fsp3) is 0.333. The quantitative estimate of drug-likeness (QED) is 0.856. The van der Waals surface area contributed by atoms with Crippen molar-refractivity contribution in [2.24, 2.45) is 0 Å². The van der Waals surface area contributed by atoms with E-state index in [9.17, 15) is 4.79 Å². The van der Waals surface area contributed by atoms with E-state index in [4.69, 9.17) is 10.00 Å². The summed E-state index contributed by atoms with van der Waals surface area (Å²) in [4.78, 5) is 12.0. The fourth-order valence-corrected chi connectivity index (χ4v) is 2.64. The third kappa shape index (κ3) is 2.58. The average molecular weight is 263 g/mol. The number of nitrogens with one attached hydrogen (secondary N) is 2. The van der Waals surface area contributed by atoms with Gasteiger partial charge in [-0.05, 0) is 12.1 Å². The minimum Gasteiger partial charge on any atom is -0.495 e. The molecule has 6 heteroatoms. The van der Waals surface area contributed by atoms with Gasteiger partial charge in [0.2, 0.25) is 5.91 Å². The molecule has 0 bridgehead atoms. The number of thioether (sulfide) groups is 1. The number of ether oxygens (including phenoxy) is 1. The molecule has 0 spiro atoms. The molecule has 94 valence electrons. The Kier molecular flexibility index (Phi) is 4.07. The molecule has 5 nitrogen and oxygen atoms in total. The third-order valence-electron chi connectivity index (χ3n) is 2.65. The average Bonchev–Trinajstić information content (AvgIpc) is 2.93. The zero-order chi connectivity index (χ0) is 13.0. The van der Waals surface area contributed by atoms with Crippen LogP contribution in [0.15, 0.2) is 18.2 Å². The van der Waals surface area contributed by atoms with E-state index >= 15 is 0 Å². The van der Waals surface area contributed by atoms with Crippen LogP contribution in [0.3, 0.4) is 0 Å². The molecule has 1 aromatic rings. The van der Waals surface area contributed by atoms with Crippen LogP contribution in [0.1, 0.15) is 5.56 Å². The molecule has 1 aromatic carbocycles. The molecule has 1 aliphatic heterocycles. The molecule has 1 heterocycles. The lowest BCUT2D eigenvalue weighted by Gasteiger charge is -2.14. The number of benzene rings is 1. The molecule has 0 radical (unpaired) electrons. The first-order valence-corrected chi connectivity index (χ1v) is 6.61. The number of rotatable bonds is 3. The predicted octanol–water partition coefficient (Wildman–Crippen LogP) is 1.17. The van der Waals surface area contributed by atoms with E-state index in [1.807, 2.05) is 6.07 Å². The summed E-state index contributed by atoms with van der Waals surface area (Å²) in [5, 5.41) is 14.9. The Bertz CT molecular complexity index is 493. The van der Waals surface area contributed by atoms with Crippen molar-refractivity contribution in [3.8, 4) is 11.8 Å². The van der Waals surface area contributed by atoms with Crippen LogP contribution in [0, 0.1) is 11.3 Å². The van der Waals surface area contributed by atoms with Crippen LogP contribution in [0.4, 0.5) is 5.69 Å². The summed E-state index contributed by atoms with van der Waals surface area (Å²) in [6.45, 7) is 0. The summed E-state index contributed by atoms with van der Waals surface area (Å²) < 4.78 is 5.16. The third-order valence-corrected chi connectivity index (χ3v) is 3.59. The normalized spacial score (nSPS) is 18.1. The van der Waals surface area contributed by atoms with Crippen molar-refractivity contribution >= 4 is 23.4 Å². The van der Waals surface area contributed by atoms with Gasteiger partial charge in [0.05, 0.1) is 18.7 Å². The van der Waals surface area contributed by atoms with Crippen LogP contribution < -0.4 is 15.4 Å². The van der Waals surface area contributed by atoms with Gasteiger partial charge < -0.3 is 10.1 Å². The van der Waals surface area contributed by atoms with Gasteiger partial charge in [-0.3, -0.25) is 10.1 Å². The van der Waals surface area contributed by atoms with Gasteiger partial charge in [-0.15, -0.1) is 11.8 Å². The highest BCUT2D eigenvalue weighted by Gasteiger charge is 2.24. The Morgan fingerprint density at radius 1 is 1.67 bits per heavy atom. The molecule has 1 aliphatic rings. The minimum atomic E-state index is -0.216. The van der Waals surface area contributed by atoms with E-state index in [1.54, 1.807) is 30.0 Å². The van der Waals surface area contributed by atoms with Crippen molar-refractivity contribution in [3.05, 3.63) is 23.8 Å². The number of nitriles is 1. The summed E-state index contributed by atoms with van der Waals surface area (Å²) in [5.41, 5.74) is 0.833. The first kappa shape index (κ1) is 12.7. The maximum atomic E-state index is 12.0. The van der Waals surface area contributed by atoms with Gasteiger partial charge in [0, 0.05) is 11.6 Å². The van der Waals surface area contributed by atoms with E-state index in [0.717, 1.165) is 11.6 Å². The Morgan fingerprint density at radius 2 is 2.50 bits per heavy atom. The zero-order valence-electron chi connectivity index (χ0n) is 9.90. The highest BCUT2D eigenvalue weighted by molar-refractivity contribution is 7.99. The number of carbonyl (C=O) groups is 1. The Hall–Kier alpha value is -1.71. The van der Waals surface area contributed by atoms with Crippen molar-refractivity contribution in [3.63, 3.8) is 0 Å². The van der Waals surface area contributed by atoms with Gasteiger partial charge >= 0.3 is 0 Å². The van der Waals surface area contributed by atoms with Crippen LogP contribution in [0.25, 0.3) is 0 Å². The van der Waals surface area contributed by atoms with Gasteiger partial charge in [-0.1, -0.05) is 6.07 Å². The van der Waals surface area contributed by atoms with Gasteiger partial charge in [-0.2, -0.15) is 5.26 Å². The van der Waals surface area contributed by atoms with Crippen molar-refractivity contribution in [1.82, 2.24) is 5.32 Å². The first-order valence-electron chi connectivity index (χ1n) is 5.45. The lowest BCUT2D eigenvalue weighted by atomic mass is 10.1. The van der Waals surface area contributed by atoms with Crippen LogP contribution in [-0.2, 0) is 4.79 Å². The summed E-state index contributed by atoms with van der Waals surface area (Å²) in [6.07, 6.45) is 0. The van der Waals surface area contributed by atoms with Crippen molar-refractivity contribution in [2.75, 3.05) is 24.1 Å². The maximum absolute atomic E-state index is 12.0. The van der Waals surface area contributed by atoms with Gasteiger partial charge in [0.15, 0.2) is 0 Å². The van der Waals surface area contributed by atoms with Crippen LogP contribution in [-0.4, -0.2) is 30.7 Å². The molecule has 2 rings (SSSR count). The topological polar surface area (TPSA) is 74.1 Å². The molecule has 0 aromatic heterocycles. The first-order chi connectivity index (χ1) is 8.76. The number of para-hydroxylation sites is 1. The Labute approximate surface area is 110 Å². The summed E-state index contributed by atoms with van der Waals surface area (Å²) in [5.74, 6) is 1.87. The van der Waals surface area contributed by atoms with Crippen molar-refractivity contribution in [2.45, 2.75) is 6.04 Å². The summed E-state index contributed by atoms with van der Waals surface area (Å²) in [7, 11) is 1.51. The molecule has 0 saturated carbocycles. The smallest absolute Gasteiger partial charge is 0.242 e. The molecular formula is C12H13N3O2S. The van der Waals surface area contributed by atoms with E-state index in [2.05, 4.69) is 10.6 Å². The number of amides is 1. The molecule has 1 unspecified atom stereocenters. The molecule has 2 N–H and O–H groups in total. The number of hydrogen-bond acceptors (Lipinski definition) is 5. The van der Waals surface area contributed by atoms with E-state index in [0.29, 0.717) is 17.0 Å². The predicted molar refractivity (Wildman–Crippen MR) is 70.6 cm³/mol. The van der Waals surface area contributed by atoms with E-state index < -0.39 is 0 Å². The highest BCUT2D eigenvalue weighted by Crippen LogP contribution is 2.28. The van der Waals surface area contributed by atoms with Crippen LogP contribution in [0.2, 0.25) is 0 Å². The second kappa shape index (κ2) is 5.76. The van der Waals surface area contributed by atoms with E-state index in [-0.39, 0.29) is 11.9 Å². The van der Waals surface area contributed by atoms with Gasteiger partial charge in [-0.25, -0.2) is 0 Å². The lowest BCUT2D eigenvalue weighted by molar-refractivity contribution is -0.117.